The highest BCUT2D eigenvalue weighted by Crippen LogP contribution is 2.30. The van der Waals surface area contributed by atoms with Gasteiger partial charge in [-0.1, -0.05) is 5.92 Å². The van der Waals surface area contributed by atoms with Crippen LogP contribution in [-0.4, -0.2) is 23.1 Å². The zero-order valence-electron chi connectivity index (χ0n) is 8.86. The maximum absolute atomic E-state index is 5.68. The van der Waals surface area contributed by atoms with Crippen LogP contribution in [0.2, 0.25) is 0 Å². The van der Waals surface area contributed by atoms with Gasteiger partial charge < -0.3 is 10.6 Å². The topological polar surface area (TPSA) is 55.0 Å². The molecule has 2 N–H and O–H groups in total. The minimum atomic E-state index is 0.453. The van der Waals surface area contributed by atoms with Crippen molar-refractivity contribution < 1.29 is 0 Å². The molecular formula is C11H13BrN4. The molecule has 1 aliphatic carbocycles. The normalized spacial score (nSPS) is 14.5. The van der Waals surface area contributed by atoms with E-state index in [9.17, 15) is 0 Å². The van der Waals surface area contributed by atoms with E-state index in [1.54, 1.807) is 6.07 Å². The van der Waals surface area contributed by atoms with Gasteiger partial charge in [-0.25, -0.2) is 4.98 Å². The van der Waals surface area contributed by atoms with Crippen LogP contribution in [0.5, 0.6) is 0 Å². The molecular weight excluding hydrogens is 268 g/mol. The molecule has 84 valence electrons. The molecule has 0 amide bonds. The number of hydrogen-bond acceptors (Lipinski definition) is 4. The molecule has 0 aromatic carbocycles. The van der Waals surface area contributed by atoms with E-state index in [1.807, 2.05) is 4.90 Å². The fourth-order valence-corrected chi connectivity index (χ4v) is 1.90. The minimum Gasteiger partial charge on any atom is -0.383 e. The number of nitrogens with two attached hydrogens (primary N) is 1. The van der Waals surface area contributed by atoms with E-state index in [0.29, 0.717) is 22.9 Å². The predicted octanol–water partition coefficient (Wildman–Crippen LogP) is 1.67. The quantitative estimate of drug-likeness (QED) is 0.673. The van der Waals surface area contributed by atoms with E-state index >= 15 is 0 Å². The molecule has 16 heavy (non-hydrogen) atoms. The number of hydrogen-bond donors (Lipinski definition) is 1. The lowest BCUT2D eigenvalue weighted by Crippen LogP contribution is -2.28. The highest BCUT2D eigenvalue weighted by molar-refractivity contribution is 9.10. The van der Waals surface area contributed by atoms with Crippen molar-refractivity contribution in [2.45, 2.75) is 12.8 Å². The summed E-state index contributed by atoms with van der Waals surface area (Å²) in [4.78, 5) is 10.5. The Labute approximate surface area is 103 Å². The van der Waals surface area contributed by atoms with Gasteiger partial charge in [0.05, 0.1) is 6.54 Å². The zero-order valence-corrected chi connectivity index (χ0v) is 10.4. The Bertz CT molecular complexity index is 402. The summed E-state index contributed by atoms with van der Waals surface area (Å²) in [7, 11) is 0. The number of terminal acetylenes is 1. The van der Waals surface area contributed by atoms with Gasteiger partial charge in [0.15, 0.2) is 0 Å². The highest BCUT2D eigenvalue weighted by atomic mass is 79.9. The zero-order chi connectivity index (χ0) is 11.5. The molecule has 0 saturated heterocycles. The van der Waals surface area contributed by atoms with Crippen molar-refractivity contribution in [3.8, 4) is 12.3 Å². The van der Waals surface area contributed by atoms with E-state index < -0.39 is 0 Å². The summed E-state index contributed by atoms with van der Waals surface area (Å²) >= 11 is 3.30. The molecule has 4 nitrogen and oxygen atoms in total. The summed E-state index contributed by atoms with van der Waals surface area (Å²) in [6, 6.07) is 1.68. The number of nitrogen functional groups attached to an aromatic ring is 1. The van der Waals surface area contributed by atoms with Crippen LogP contribution >= 0.6 is 15.9 Å². The van der Waals surface area contributed by atoms with Crippen molar-refractivity contribution in [2.24, 2.45) is 5.92 Å². The summed E-state index contributed by atoms with van der Waals surface area (Å²) < 4.78 is 0.688. The fourth-order valence-electron chi connectivity index (χ4n) is 1.50. The summed E-state index contributed by atoms with van der Waals surface area (Å²) in [5.74, 6) is 4.42. The highest BCUT2D eigenvalue weighted by Gasteiger charge is 2.25. The standard InChI is InChI=1S/C11H13BrN4/c1-2-5-16(7-8-3-4-8)11-14-9(12)6-10(13)15-11/h1,6,8H,3-5,7H2,(H2,13,14,15). The molecule has 2 rings (SSSR count). The average molecular weight is 281 g/mol. The Hall–Kier alpha value is -1.28. The SMILES string of the molecule is C#CCN(CC1CC1)c1nc(N)cc(Br)n1. The number of halogens is 1. The summed E-state index contributed by atoms with van der Waals surface area (Å²) in [6.45, 7) is 1.44. The lowest BCUT2D eigenvalue weighted by molar-refractivity contribution is 0.741. The Morgan fingerprint density at radius 1 is 1.56 bits per heavy atom. The van der Waals surface area contributed by atoms with Crippen molar-refractivity contribution in [2.75, 3.05) is 23.7 Å². The van der Waals surface area contributed by atoms with Gasteiger partial charge in [-0.2, -0.15) is 4.98 Å². The van der Waals surface area contributed by atoms with Gasteiger partial charge in [0.25, 0.3) is 0 Å². The first kappa shape index (κ1) is 11.2. The van der Waals surface area contributed by atoms with Crippen molar-refractivity contribution in [3.05, 3.63) is 10.7 Å². The fraction of sp³-hybridized carbons (Fsp3) is 0.455. The molecule has 1 heterocycles. The molecule has 0 radical (unpaired) electrons. The first-order valence-corrected chi connectivity index (χ1v) is 5.97. The Morgan fingerprint density at radius 2 is 2.31 bits per heavy atom. The van der Waals surface area contributed by atoms with Crippen LogP contribution in [0, 0.1) is 18.3 Å². The van der Waals surface area contributed by atoms with Crippen LogP contribution in [0.15, 0.2) is 10.7 Å². The molecule has 1 saturated carbocycles. The molecule has 1 aliphatic rings. The molecule has 1 aromatic heterocycles. The second kappa shape index (κ2) is 4.71. The molecule has 0 aliphatic heterocycles. The number of rotatable bonds is 4. The van der Waals surface area contributed by atoms with Crippen molar-refractivity contribution >= 4 is 27.7 Å². The van der Waals surface area contributed by atoms with Crippen LogP contribution in [-0.2, 0) is 0 Å². The van der Waals surface area contributed by atoms with Gasteiger partial charge in [0.2, 0.25) is 5.95 Å². The Balaban J connectivity index is 2.19. The molecule has 0 atom stereocenters. The van der Waals surface area contributed by atoms with E-state index in [1.165, 1.54) is 12.8 Å². The van der Waals surface area contributed by atoms with E-state index in [4.69, 9.17) is 12.2 Å². The summed E-state index contributed by atoms with van der Waals surface area (Å²) in [5, 5.41) is 0. The summed E-state index contributed by atoms with van der Waals surface area (Å²) in [5.41, 5.74) is 5.68. The largest absolute Gasteiger partial charge is 0.383 e. The number of anilines is 2. The van der Waals surface area contributed by atoms with Gasteiger partial charge in [-0.15, -0.1) is 6.42 Å². The third-order valence-electron chi connectivity index (χ3n) is 2.44. The molecule has 5 heteroatoms. The van der Waals surface area contributed by atoms with Gasteiger partial charge >= 0.3 is 0 Å². The van der Waals surface area contributed by atoms with Gasteiger partial charge in [-0.05, 0) is 34.7 Å². The lowest BCUT2D eigenvalue weighted by Gasteiger charge is -2.20. The van der Waals surface area contributed by atoms with Gasteiger partial charge in [-0.3, -0.25) is 0 Å². The third kappa shape index (κ3) is 2.86. The molecule has 0 bridgehead atoms. The minimum absolute atomic E-state index is 0.453. The van der Waals surface area contributed by atoms with Crippen LogP contribution in [0.4, 0.5) is 11.8 Å². The van der Waals surface area contributed by atoms with Gasteiger partial charge in [0.1, 0.15) is 10.4 Å². The third-order valence-corrected chi connectivity index (χ3v) is 2.85. The van der Waals surface area contributed by atoms with E-state index in [2.05, 4.69) is 31.8 Å². The molecule has 0 unspecified atom stereocenters. The van der Waals surface area contributed by atoms with E-state index in [0.717, 1.165) is 12.5 Å². The van der Waals surface area contributed by atoms with E-state index in [-0.39, 0.29) is 0 Å². The maximum Gasteiger partial charge on any atom is 0.229 e. The lowest BCUT2D eigenvalue weighted by atomic mass is 10.4. The number of nitrogens with zero attached hydrogens (tertiary/aromatic N) is 3. The van der Waals surface area contributed by atoms with Crippen LogP contribution in [0.3, 0.4) is 0 Å². The van der Waals surface area contributed by atoms with Gasteiger partial charge in [0, 0.05) is 12.6 Å². The maximum atomic E-state index is 5.68. The first-order valence-electron chi connectivity index (χ1n) is 5.17. The van der Waals surface area contributed by atoms with Crippen molar-refractivity contribution in [3.63, 3.8) is 0 Å². The molecule has 1 fully saturated rings. The summed E-state index contributed by atoms with van der Waals surface area (Å²) in [6.07, 6.45) is 7.89. The van der Waals surface area contributed by atoms with Crippen LogP contribution < -0.4 is 10.6 Å². The monoisotopic (exact) mass is 280 g/mol. The smallest absolute Gasteiger partial charge is 0.229 e. The Morgan fingerprint density at radius 3 is 2.88 bits per heavy atom. The first-order chi connectivity index (χ1) is 7.69. The van der Waals surface area contributed by atoms with Crippen molar-refractivity contribution in [1.29, 1.82) is 0 Å². The average Bonchev–Trinajstić information content (AvgIpc) is 2.99. The second-order valence-corrected chi connectivity index (χ2v) is 4.76. The predicted molar refractivity (Wildman–Crippen MR) is 67.9 cm³/mol. The van der Waals surface area contributed by atoms with Crippen molar-refractivity contribution in [1.82, 2.24) is 9.97 Å². The number of aromatic nitrogens is 2. The molecule has 0 spiro atoms. The molecule has 1 aromatic rings. The van der Waals surface area contributed by atoms with Crippen LogP contribution in [0.1, 0.15) is 12.8 Å². The van der Waals surface area contributed by atoms with Crippen LogP contribution in [0.25, 0.3) is 0 Å². The Kier molecular flexibility index (Phi) is 3.30. The second-order valence-electron chi connectivity index (χ2n) is 3.94.